The van der Waals surface area contributed by atoms with E-state index in [4.69, 9.17) is 0 Å². The second kappa shape index (κ2) is 6.54. The first kappa shape index (κ1) is 14.5. The summed E-state index contributed by atoms with van der Waals surface area (Å²) in [7, 11) is 0. The van der Waals surface area contributed by atoms with E-state index in [0.29, 0.717) is 12.1 Å². The fourth-order valence-corrected chi connectivity index (χ4v) is 3.24. The van der Waals surface area contributed by atoms with E-state index in [0.717, 1.165) is 45.6 Å². The lowest BCUT2D eigenvalue weighted by Gasteiger charge is -2.33. The molecule has 1 atom stereocenters. The van der Waals surface area contributed by atoms with E-state index in [2.05, 4.69) is 10.2 Å². The molecule has 2 aliphatic heterocycles. The predicted molar refractivity (Wildman–Crippen MR) is 79.3 cm³/mol. The van der Waals surface area contributed by atoms with Crippen LogP contribution in [0.25, 0.3) is 0 Å². The molecule has 2 fully saturated rings. The SMILES string of the molecule is O=C(C1CCCN1Cc1ccccc1F)N1CCNCC1. The number of halogens is 1. The van der Waals surface area contributed by atoms with Gasteiger partial charge in [0.2, 0.25) is 5.91 Å². The maximum absolute atomic E-state index is 13.8. The fourth-order valence-electron chi connectivity index (χ4n) is 3.24. The van der Waals surface area contributed by atoms with E-state index in [1.165, 1.54) is 6.07 Å². The largest absolute Gasteiger partial charge is 0.339 e. The number of hydrogen-bond acceptors (Lipinski definition) is 3. The molecule has 1 amide bonds. The number of carbonyl (C=O) groups excluding carboxylic acids is 1. The van der Waals surface area contributed by atoms with E-state index >= 15 is 0 Å². The molecular formula is C16H22FN3O. The van der Waals surface area contributed by atoms with Gasteiger partial charge in [0.15, 0.2) is 0 Å². The van der Waals surface area contributed by atoms with E-state index < -0.39 is 0 Å². The monoisotopic (exact) mass is 291 g/mol. The molecular weight excluding hydrogens is 269 g/mol. The number of piperazine rings is 1. The molecule has 0 aromatic heterocycles. The van der Waals surface area contributed by atoms with E-state index in [-0.39, 0.29) is 17.8 Å². The summed E-state index contributed by atoms with van der Waals surface area (Å²) < 4.78 is 13.8. The van der Waals surface area contributed by atoms with Crippen molar-refractivity contribution in [3.8, 4) is 0 Å². The lowest BCUT2D eigenvalue weighted by atomic mass is 10.1. The van der Waals surface area contributed by atoms with Gasteiger partial charge >= 0.3 is 0 Å². The Kier molecular flexibility index (Phi) is 4.51. The van der Waals surface area contributed by atoms with Crippen molar-refractivity contribution in [2.24, 2.45) is 0 Å². The minimum atomic E-state index is -0.183. The van der Waals surface area contributed by atoms with E-state index in [1.54, 1.807) is 12.1 Å². The first-order valence-electron chi connectivity index (χ1n) is 7.72. The molecule has 2 saturated heterocycles. The van der Waals surface area contributed by atoms with Crippen molar-refractivity contribution in [3.05, 3.63) is 35.6 Å². The summed E-state index contributed by atoms with van der Waals surface area (Å²) in [5, 5.41) is 3.26. The Hall–Kier alpha value is -1.46. The van der Waals surface area contributed by atoms with Crippen LogP contribution in [0.5, 0.6) is 0 Å². The number of carbonyl (C=O) groups is 1. The Morgan fingerprint density at radius 2 is 2.00 bits per heavy atom. The third-order valence-corrected chi connectivity index (χ3v) is 4.41. The molecule has 5 heteroatoms. The lowest BCUT2D eigenvalue weighted by Crippen LogP contribution is -2.52. The molecule has 1 aromatic carbocycles. The van der Waals surface area contributed by atoms with Crippen molar-refractivity contribution in [2.45, 2.75) is 25.4 Å². The molecule has 1 aromatic rings. The average molecular weight is 291 g/mol. The van der Waals surface area contributed by atoms with Crippen LogP contribution in [0.2, 0.25) is 0 Å². The van der Waals surface area contributed by atoms with Crippen molar-refractivity contribution in [2.75, 3.05) is 32.7 Å². The van der Waals surface area contributed by atoms with Gasteiger partial charge in [0.1, 0.15) is 5.82 Å². The van der Waals surface area contributed by atoms with Crippen LogP contribution in [0.4, 0.5) is 4.39 Å². The van der Waals surface area contributed by atoms with Crippen LogP contribution >= 0.6 is 0 Å². The average Bonchev–Trinajstić information content (AvgIpc) is 2.98. The van der Waals surface area contributed by atoms with Gasteiger partial charge < -0.3 is 10.2 Å². The van der Waals surface area contributed by atoms with Gasteiger partial charge in [-0.05, 0) is 25.5 Å². The molecule has 3 rings (SSSR count). The predicted octanol–water partition coefficient (Wildman–Crippen LogP) is 1.22. The lowest BCUT2D eigenvalue weighted by molar-refractivity contribution is -0.136. The first-order valence-corrected chi connectivity index (χ1v) is 7.72. The van der Waals surface area contributed by atoms with Gasteiger partial charge in [0.05, 0.1) is 6.04 Å². The summed E-state index contributed by atoms with van der Waals surface area (Å²) in [5.74, 6) is 0.0307. The quantitative estimate of drug-likeness (QED) is 0.909. The summed E-state index contributed by atoms with van der Waals surface area (Å²) in [6, 6.07) is 6.76. The number of amides is 1. The second-order valence-corrected chi connectivity index (χ2v) is 5.80. The van der Waals surface area contributed by atoms with Crippen LogP contribution in [0.15, 0.2) is 24.3 Å². The van der Waals surface area contributed by atoms with Crippen LogP contribution in [0.1, 0.15) is 18.4 Å². The Morgan fingerprint density at radius 3 is 2.76 bits per heavy atom. The molecule has 0 aliphatic carbocycles. The van der Waals surface area contributed by atoms with Gasteiger partial charge in [-0.25, -0.2) is 4.39 Å². The third-order valence-electron chi connectivity index (χ3n) is 4.41. The molecule has 1 N–H and O–H groups in total. The molecule has 2 heterocycles. The number of nitrogens with zero attached hydrogens (tertiary/aromatic N) is 2. The zero-order chi connectivity index (χ0) is 14.7. The normalized spacial score (nSPS) is 23.5. The summed E-state index contributed by atoms with van der Waals surface area (Å²) in [6.45, 7) is 4.69. The highest BCUT2D eigenvalue weighted by atomic mass is 19.1. The molecule has 1 unspecified atom stereocenters. The molecule has 4 nitrogen and oxygen atoms in total. The van der Waals surface area contributed by atoms with Gasteiger partial charge in [-0.15, -0.1) is 0 Å². The highest BCUT2D eigenvalue weighted by Crippen LogP contribution is 2.23. The number of rotatable bonds is 3. The molecule has 0 radical (unpaired) electrons. The van der Waals surface area contributed by atoms with Crippen LogP contribution in [0.3, 0.4) is 0 Å². The van der Waals surface area contributed by atoms with Crippen molar-refractivity contribution in [1.29, 1.82) is 0 Å². The number of benzene rings is 1. The van der Waals surface area contributed by atoms with Gasteiger partial charge in [0.25, 0.3) is 0 Å². The number of nitrogens with one attached hydrogen (secondary N) is 1. The van der Waals surface area contributed by atoms with Crippen molar-refractivity contribution >= 4 is 5.91 Å². The van der Waals surface area contributed by atoms with Crippen LogP contribution in [-0.4, -0.2) is 54.5 Å². The molecule has 0 spiro atoms. The summed E-state index contributed by atoms with van der Waals surface area (Å²) in [4.78, 5) is 16.7. The highest BCUT2D eigenvalue weighted by Gasteiger charge is 2.34. The molecule has 114 valence electrons. The van der Waals surface area contributed by atoms with Crippen molar-refractivity contribution in [1.82, 2.24) is 15.1 Å². The van der Waals surface area contributed by atoms with Gasteiger partial charge in [-0.1, -0.05) is 18.2 Å². The zero-order valence-corrected chi connectivity index (χ0v) is 12.2. The smallest absolute Gasteiger partial charge is 0.240 e. The van der Waals surface area contributed by atoms with E-state index in [9.17, 15) is 9.18 Å². The van der Waals surface area contributed by atoms with Crippen molar-refractivity contribution < 1.29 is 9.18 Å². The molecule has 0 saturated carbocycles. The Bertz CT molecular complexity index is 502. The van der Waals surface area contributed by atoms with Crippen LogP contribution < -0.4 is 5.32 Å². The summed E-state index contributed by atoms with van der Waals surface area (Å²) in [6.07, 6.45) is 1.90. The summed E-state index contributed by atoms with van der Waals surface area (Å²) in [5.41, 5.74) is 0.678. The van der Waals surface area contributed by atoms with Gasteiger partial charge in [-0.2, -0.15) is 0 Å². The number of likely N-dealkylation sites (tertiary alicyclic amines) is 1. The first-order chi connectivity index (χ1) is 10.3. The third kappa shape index (κ3) is 3.24. The fraction of sp³-hybridized carbons (Fsp3) is 0.562. The molecule has 21 heavy (non-hydrogen) atoms. The molecule has 0 bridgehead atoms. The maximum Gasteiger partial charge on any atom is 0.240 e. The number of hydrogen-bond donors (Lipinski definition) is 1. The zero-order valence-electron chi connectivity index (χ0n) is 12.2. The Morgan fingerprint density at radius 1 is 1.24 bits per heavy atom. The Balaban J connectivity index is 1.67. The molecule has 2 aliphatic rings. The Labute approximate surface area is 124 Å². The maximum atomic E-state index is 13.8. The topological polar surface area (TPSA) is 35.6 Å². The van der Waals surface area contributed by atoms with Crippen LogP contribution in [0, 0.1) is 5.82 Å². The second-order valence-electron chi connectivity index (χ2n) is 5.80. The van der Waals surface area contributed by atoms with E-state index in [1.807, 2.05) is 11.0 Å². The standard InChI is InChI=1S/C16H22FN3O/c17-14-5-2-1-4-13(14)12-20-9-3-6-15(20)16(21)19-10-7-18-8-11-19/h1-2,4-5,15,18H,3,6-12H2. The van der Waals surface area contributed by atoms with Gasteiger partial charge in [-0.3, -0.25) is 9.69 Å². The van der Waals surface area contributed by atoms with Crippen molar-refractivity contribution in [3.63, 3.8) is 0 Å². The van der Waals surface area contributed by atoms with Gasteiger partial charge in [0, 0.05) is 38.3 Å². The minimum Gasteiger partial charge on any atom is -0.339 e. The van der Waals surface area contributed by atoms with Crippen LogP contribution in [-0.2, 0) is 11.3 Å². The highest BCUT2D eigenvalue weighted by molar-refractivity contribution is 5.82. The summed E-state index contributed by atoms with van der Waals surface area (Å²) >= 11 is 0. The minimum absolute atomic E-state index is 0.0808.